The van der Waals surface area contributed by atoms with Gasteiger partial charge < -0.3 is 35.6 Å². The van der Waals surface area contributed by atoms with Crippen molar-refractivity contribution in [2.45, 2.75) is 130 Å². The summed E-state index contributed by atoms with van der Waals surface area (Å²) in [5, 5.41) is 18.5. The summed E-state index contributed by atoms with van der Waals surface area (Å²) in [4.78, 5) is 29.7. The lowest BCUT2D eigenvalue weighted by atomic mass is 10.0. The zero-order valence-electron chi connectivity index (χ0n) is 29.0. The fraction of sp³-hybridized carbons (Fsp3) is 0.844. The molecule has 1 aliphatic heterocycles. The number of aryl methyl sites for hydroxylation is 1. The van der Waals surface area contributed by atoms with E-state index in [1.165, 1.54) is 44.9 Å². The molecular formula is C32H64FN6O5P. The number of ether oxygens (including phenoxy) is 1. The molecule has 11 nitrogen and oxygen atoms in total. The molecule has 0 aromatic carbocycles. The Kier molecular flexibility index (Phi) is 26.2. The molecule has 264 valence electrons. The van der Waals surface area contributed by atoms with Crippen molar-refractivity contribution >= 4 is 31.9 Å². The fourth-order valence-electron chi connectivity index (χ4n) is 4.81. The number of nitrogens with zero attached hydrogens (tertiary/aromatic N) is 2. The van der Waals surface area contributed by atoms with E-state index < -0.39 is 20.5 Å². The summed E-state index contributed by atoms with van der Waals surface area (Å²) in [5.41, 5.74) is 7.41. The monoisotopic (exact) mass is 662 g/mol. The highest BCUT2D eigenvalue weighted by molar-refractivity contribution is 7.43. The molecule has 1 aromatic rings. The topological polar surface area (TPSA) is 164 Å². The van der Waals surface area contributed by atoms with Crippen LogP contribution in [0.25, 0.3) is 0 Å². The lowest BCUT2D eigenvalue weighted by Crippen LogP contribution is -2.34. The molecule has 2 heterocycles. The molecule has 0 spiro atoms. The molecule has 4 unspecified atom stereocenters. The average molecular weight is 663 g/mol. The van der Waals surface area contributed by atoms with Crippen molar-refractivity contribution in [1.29, 1.82) is 0 Å². The van der Waals surface area contributed by atoms with Crippen molar-refractivity contribution in [3.8, 4) is 0 Å². The summed E-state index contributed by atoms with van der Waals surface area (Å²) < 4.78 is 20.4. The number of carboxylic acid groups (broad SMARTS) is 1. The molecule has 5 atom stereocenters. The van der Waals surface area contributed by atoms with E-state index >= 15 is 0 Å². The van der Waals surface area contributed by atoms with Gasteiger partial charge >= 0.3 is 5.97 Å². The molecule has 1 aromatic heterocycles. The minimum atomic E-state index is -1.93. The Labute approximate surface area is 273 Å². The second-order valence-corrected chi connectivity index (χ2v) is 13.0. The fourth-order valence-corrected chi connectivity index (χ4v) is 5.70. The maximum Gasteiger partial charge on any atom is 0.321 e. The van der Waals surface area contributed by atoms with Gasteiger partial charge in [0.05, 0.1) is 31.3 Å². The van der Waals surface area contributed by atoms with Crippen LogP contribution in [0.2, 0.25) is 0 Å². The predicted molar refractivity (Wildman–Crippen MR) is 185 cm³/mol. The molecule has 0 saturated carbocycles. The molecule has 7 N–H and O–H groups in total. The first-order valence-corrected chi connectivity index (χ1v) is 18.0. The summed E-state index contributed by atoms with van der Waals surface area (Å²) in [6.45, 7) is 12.6. The van der Waals surface area contributed by atoms with Gasteiger partial charge in [0.1, 0.15) is 6.04 Å². The zero-order chi connectivity index (χ0) is 34.0. The van der Waals surface area contributed by atoms with Gasteiger partial charge in [-0.2, -0.15) is 4.98 Å². The Bertz CT molecular complexity index is 891. The number of hydrogen-bond donors (Lipinski definition) is 6. The van der Waals surface area contributed by atoms with E-state index in [-0.39, 0.29) is 6.10 Å². The second-order valence-electron chi connectivity index (χ2n) is 11.9. The van der Waals surface area contributed by atoms with Gasteiger partial charge in [-0.15, -0.1) is 0 Å². The minimum Gasteiger partial charge on any atom is -0.480 e. The van der Waals surface area contributed by atoms with Crippen LogP contribution in [0.15, 0.2) is 0 Å². The van der Waals surface area contributed by atoms with Gasteiger partial charge in [-0.25, -0.2) is 10.1 Å². The van der Waals surface area contributed by atoms with Crippen LogP contribution < -0.4 is 21.5 Å². The Morgan fingerprint density at radius 1 is 1.11 bits per heavy atom. The highest BCUT2D eigenvalue weighted by Crippen LogP contribution is 2.30. The Balaban J connectivity index is 0.000000913. The molecule has 0 bridgehead atoms. The summed E-state index contributed by atoms with van der Waals surface area (Å²) in [7, 11) is 0.398. The van der Waals surface area contributed by atoms with Crippen LogP contribution >= 0.6 is 8.53 Å². The lowest BCUT2D eigenvalue weighted by molar-refractivity contribution is -0.139. The van der Waals surface area contributed by atoms with E-state index in [9.17, 15) is 19.2 Å². The van der Waals surface area contributed by atoms with E-state index in [0.29, 0.717) is 38.0 Å². The Morgan fingerprint density at radius 2 is 1.71 bits per heavy atom. The SMILES string of the molecule is CCC(C)CNc1c(C)nc(N)nc1NC.CCCCCCCCCCCCC(N[P@@](O)OCC1CC(C)CO1)C(=O)O.CF. The number of unbranched alkanes of at least 4 members (excludes halogenated alkanes) is 9. The van der Waals surface area contributed by atoms with Gasteiger partial charge in [0, 0.05) is 20.2 Å². The van der Waals surface area contributed by atoms with Gasteiger partial charge in [0.2, 0.25) is 5.95 Å². The average Bonchev–Trinajstić information content (AvgIpc) is 3.45. The first-order chi connectivity index (χ1) is 21.6. The van der Waals surface area contributed by atoms with Crippen molar-refractivity contribution in [2.24, 2.45) is 11.8 Å². The van der Waals surface area contributed by atoms with Gasteiger partial charge in [0.25, 0.3) is 8.53 Å². The van der Waals surface area contributed by atoms with Crippen molar-refractivity contribution in [3.63, 3.8) is 0 Å². The number of rotatable bonds is 22. The molecule has 0 amide bonds. The number of alkyl halides is 1. The zero-order valence-corrected chi connectivity index (χ0v) is 29.9. The summed E-state index contributed by atoms with van der Waals surface area (Å²) in [5.74, 6) is 1.27. The van der Waals surface area contributed by atoms with Gasteiger partial charge in [-0.1, -0.05) is 98.3 Å². The third kappa shape index (κ3) is 20.8. The number of halogens is 1. The number of aromatic nitrogens is 2. The van der Waals surface area contributed by atoms with Crippen LogP contribution in [0.1, 0.15) is 117 Å². The van der Waals surface area contributed by atoms with E-state index in [1.807, 2.05) is 14.0 Å². The van der Waals surface area contributed by atoms with Crippen LogP contribution in [-0.2, 0) is 14.1 Å². The van der Waals surface area contributed by atoms with E-state index in [4.69, 9.17) is 15.0 Å². The molecule has 0 radical (unpaired) electrons. The van der Waals surface area contributed by atoms with E-state index in [1.54, 1.807) is 0 Å². The highest BCUT2D eigenvalue weighted by Gasteiger charge is 2.25. The number of aliphatic carboxylic acids is 1. The van der Waals surface area contributed by atoms with Crippen LogP contribution in [0.4, 0.5) is 21.8 Å². The van der Waals surface area contributed by atoms with Crippen molar-refractivity contribution in [1.82, 2.24) is 15.1 Å². The maximum absolute atomic E-state index is 11.4. The van der Waals surface area contributed by atoms with Crippen LogP contribution in [-0.4, -0.2) is 72.1 Å². The largest absolute Gasteiger partial charge is 0.480 e. The molecule has 1 saturated heterocycles. The van der Waals surface area contributed by atoms with E-state index in [0.717, 1.165) is 62.5 Å². The number of nitrogens with one attached hydrogen (secondary N) is 3. The minimum absolute atomic E-state index is 0.00389. The molecule has 13 heteroatoms. The molecular weight excluding hydrogens is 598 g/mol. The normalized spacial score (nSPS) is 17.7. The Morgan fingerprint density at radius 3 is 2.22 bits per heavy atom. The first-order valence-electron chi connectivity index (χ1n) is 16.8. The maximum atomic E-state index is 11.4. The Hall–Kier alpha value is -1.85. The van der Waals surface area contributed by atoms with Crippen molar-refractivity contribution < 1.29 is 28.4 Å². The first kappa shape index (κ1) is 43.1. The second kappa shape index (κ2) is 27.3. The predicted octanol–water partition coefficient (Wildman–Crippen LogP) is 7.45. The van der Waals surface area contributed by atoms with Gasteiger partial charge in [-0.05, 0) is 31.6 Å². The van der Waals surface area contributed by atoms with E-state index in [2.05, 4.69) is 53.4 Å². The third-order valence-electron chi connectivity index (χ3n) is 7.74. The quantitative estimate of drug-likeness (QED) is 0.0540. The third-order valence-corrected chi connectivity index (χ3v) is 8.67. The number of hydrogen-bond acceptors (Lipinski definition) is 10. The number of nitrogens with two attached hydrogens (primary N) is 1. The molecule has 45 heavy (non-hydrogen) atoms. The van der Waals surface area contributed by atoms with Crippen LogP contribution in [0, 0.1) is 18.8 Å². The summed E-state index contributed by atoms with van der Waals surface area (Å²) in [6.07, 6.45) is 14.8. The molecule has 1 aliphatic rings. The number of carboxylic acids is 1. The number of anilines is 3. The molecule has 1 fully saturated rings. The summed E-state index contributed by atoms with van der Waals surface area (Å²) >= 11 is 0. The summed E-state index contributed by atoms with van der Waals surface area (Å²) in [6, 6.07) is -0.751. The standard InChI is InChI=1S/C20H40NO5P.C11H21N5.CH3F/c1-3-4-5-6-7-8-9-10-11-12-13-19(20(22)23)21-27(24)26-16-18-14-17(2)15-25-18;1-5-7(2)6-14-9-8(3)15-11(12)16-10(9)13-4;1-2/h17-19,21,24H,3-16H2,1-2H3,(H,22,23);7,14H,5-6H2,1-4H3,(H3,12,13,15,16);1H3/t17?,18?,19?,27-;;/m0../s1. The van der Waals surface area contributed by atoms with Gasteiger partial charge in [0.15, 0.2) is 5.82 Å². The molecule has 2 rings (SSSR count). The number of carbonyl (C=O) groups is 1. The van der Waals surface area contributed by atoms with Crippen molar-refractivity contribution in [2.75, 3.05) is 50.4 Å². The highest BCUT2D eigenvalue weighted by atomic mass is 31.2. The van der Waals surface area contributed by atoms with Crippen LogP contribution in [0.5, 0.6) is 0 Å². The smallest absolute Gasteiger partial charge is 0.321 e. The van der Waals surface area contributed by atoms with Gasteiger partial charge in [-0.3, -0.25) is 9.18 Å². The number of nitrogen functional groups attached to an aromatic ring is 1. The lowest BCUT2D eigenvalue weighted by Gasteiger charge is -2.19. The van der Waals surface area contributed by atoms with Crippen LogP contribution in [0.3, 0.4) is 0 Å². The molecule has 0 aliphatic carbocycles. The van der Waals surface area contributed by atoms with Crippen molar-refractivity contribution in [3.05, 3.63) is 5.69 Å².